The van der Waals surface area contributed by atoms with Gasteiger partial charge in [-0.2, -0.15) is 0 Å². The third-order valence-corrected chi connectivity index (χ3v) is 5.51. The minimum Gasteiger partial charge on any atom is -0.478 e. The fourth-order valence-corrected chi connectivity index (χ4v) is 3.57. The van der Waals surface area contributed by atoms with Gasteiger partial charge in [-0.15, -0.1) is 0 Å². The number of nitrogens with zero attached hydrogens (tertiary/aromatic N) is 2. The van der Waals surface area contributed by atoms with Crippen molar-refractivity contribution in [3.8, 4) is 5.75 Å². The molecule has 1 unspecified atom stereocenters. The smallest absolute Gasteiger partial charge is 0.273 e. The fraction of sp³-hybridized carbons (Fsp3) is 0.263. The Morgan fingerprint density at radius 2 is 1.90 bits per heavy atom. The van der Waals surface area contributed by atoms with Crippen LogP contribution in [0, 0.1) is 16.0 Å². The van der Waals surface area contributed by atoms with Crippen LogP contribution < -0.4 is 20.1 Å². The number of nitro groups is 1. The molecule has 3 rings (SSSR count). The average Bonchev–Trinajstić information content (AvgIpc) is 2.68. The van der Waals surface area contributed by atoms with E-state index in [0.29, 0.717) is 5.69 Å². The van der Waals surface area contributed by atoms with Gasteiger partial charge in [0.2, 0.25) is 15.9 Å². The van der Waals surface area contributed by atoms with Gasteiger partial charge in [-0.1, -0.05) is 13.8 Å². The molecule has 2 amide bonds. The minimum absolute atomic E-state index is 0.107. The van der Waals surface area contributed by atoms with Crippen molar-refractivity contribution >= 4 is 38.9 Å². The number of hydrogen-bond acceptors (Lipinski definition) is 7. The maximum atomic E-state index is 12.9. The molecule has 11 nitrogen and oxygen atoms in total. The van der Waals surface area contributed by atoms with Gasteiger partial charge in [0.15, 0.2) is 11.9 Å². The second-order valence-corrected chi connectivity index (χ2v) is 8.79. The number of carbonyl (C=O) groups excluding carboxylic acids is 2. The average molecular weight is 448 g/mol. The number of nitrogens with one attached hydrogen (secondary N) is 1. The number of sulfonamides is 1. The van der Waals surface area contributed by atoms with Gasteiger partial charge in [-0.25, -0.2) is 13.6 Å². The number of carbonyl (C=O) groups is 2. The van der Waals surface area contributed by atoms with E-state index in [1.165, 1.54) is 47.4 Å². The van der Waals surface area contributed by atoms with Gasteiger partial charge in [-0.05, 0) is 36.2 Å². The third kappa shape index (κ3) is 4.81. The number of benzene rings is 2. The number of ether oxygens (including phenoxy) is 1. The lowest BCUT2D eigenvalue weighted by atomic mass is 10.0. The molecule has 1 atom stereocenters. The van der Waals surface area contributed by atoms with Gasteiger partial charge < -0.3 is 10.1 Å². The van der Waals surface area contributed by atoms with Crippen LogP contribution in [0.4, 0.5) is 17.1 Å². The van der Waals surface area contributed by atoms with Gasteiger partial charge in [0.25, 0.3) is 11.6 Å². The van der Waals surface area contributed by atoms with Crippen molar-refractivity contribution in [3.05, 3.63) is 52.6 Å². The lowest BCUT2D eigenvalue weighted by Crippen LogP contribution is -2.50. The molecule has 0 aromatic heterocycles. The van der Waals surface area contributed by atoms with E-state index in [-0.39, 0.29) is 34.5 Å². The first-order valence-corrected chi connectivity index (χ1v) is 10.7. The van der Waals surface area contributed by atoms with E-state index in [1.54, 1.807) is 13.8 Å². The predicted octanol–water partition coefficient (Wildman–Crippen LogP) is 1.63. The molecule has 2 aromatic rings. The van der Waals surface area contributed by atoms with E-state index in [1.807, 2.05) is 0 Å². The van der Waals surface area contributed by atoms with Crippen LogP contribution in [0.3, 0.4) is 0 Å². The van der Waals surface area contributed by atoms with E-state index in [2.05, 4.69) is 5.32 Å². The molecule has 1 aliphatic rings. The minimum atomic E-state index is -3.86. The highest BCUT2D eigenvalue weighted by Gasteiger charge is 2.38. The molecule has 164 valence electrons. The van der Waals surface area contributed by atoms with Crippen molar-refractivity contribution < 1.29 is 27.7 Å². The third-order valence-electron chi connectivity index (χ3n) is 4.58. The fourth-order valence-electron chi connectivity index (χ4n) is 3.05. The van der Waals surface area contributed by atoms with Gasteiger partial charge in [0.05, 0.1) is 21.6 Å². The van der Waals surface area contributed by atoms with Gasteiger partial charge in [-0.3, -0.25) is 24.6 Å². The molecule has 0 radical (unpaired) electrons. The maximum Gasteiger partial charge on any atom is 0.273 e. The summed E-state index contributed by atoms with van der Waals surface area (Å²) >= 11 is 0. The van der Waals surface area contributed by atoms with Crippen molar-refractivity contribution in [1.29, 1.82) is 0 Å². The summed E-state index contributed by atoms with van der Waals surface area (Å²) < 4.78 is 28.3. The molecule has 31 heavy (non-hydrogen) atoms. The molecule has 2 aromatic carbocycles. The van der Waals surface area contributed by atoms with Crippen LogP contribution in [-0.4, -0.2) is 37.8 Å². The van der Waals surface area contributed by atoms with Crippen molar-refractivity contribution in [3.63, 3.8) is 0 Å². The summed E-state index contributed by atoms with van der Waals surface area (Å²) in [6, 6.07) is 9.02. The van der Waals surface area contributed by atoms with E-state index >= 15 is 0 Å². The standard InChI is InChI=1S/C19H20N4O7S/c1-11(2)18-19(25)22(15-8-5-13(23(26)27)9-16(15)30-18)10-17(24)21-12-3-6-14(7-4-12)31(20,28)29/h3-9,11,18H,10H2,1-2H3,(H,21,24)(H2,20,28,29). The van der Waals surface area contributed by atoms with Gasteiger partial charge in [0, 0.05) is 11.8 Å². The summed E-state index contributed by atoms with van der Waals surface area (Å²) in [5.41, 5.74) is 0.351. The zero-order valence-electron chi connectivity index (χ0n) is 16.6. The second-order valence-electron chi connectivity index (χ2n) is 7.23. The number of nitrogens with two attached hydrogens (primary N) is 1. The van der Waals surface area contributed by atoms with E-state index < -0.39 is 32.9 Å². The maximum absolute atomic E-state index is 12.9. The number of hydrogen-bond donors (Lipinski definition) is 2. The summed E-state index contributed by atoms with van der Waals surface area (Å²) in [7, 11) is -3.86. The summed E-state index contributed by atoms with van der Waals surface area (Å²) in [5.74, 6) is -1.10. The number of primary sulfonamides is 1. The normalized spacial score (nSPS) is 15.9. The van der Waals surface area contributed by atoms with Crippen LogP contribution in [0.25, 0.3) is 0 Å². The largest absolute Gasteiger partial charge is 0.478 e. The highest BCUT2D eigenvalue weighted by Crippen LogP contribution is 2.38. The number of fused-ring (bicyclic) bond motifs is 1. The zero-order chi connectivity index (χ0) is 22.9. The Kier molecular flexibility index (Phi) is 5.95. The first kappa shape index (κ1) is 22.2. The second kappa shape index (κ2) is 8.32. The lowest BCUT2D eigenvalue weighted by Gasteiger charge is -2.35. The SMILES string of the molecule is CC(C)C1Oc2cc([N+](=O)[O-])ccc2N(CC(=O)Nc2ccc(S(N)(=O)=O)cc2)C1=O. The Balaban J connectivity index is 1.84. The first-order chi connectivity index (χ1) is 14.5. The van der Waals surface area contributed by atoms with Crippen molar-refractivity contribution in [2.24, 2.45) is 11.1 Å². The quantitative estimate of drug-likeness (QED) is 0.501. The molecule has 0 bridgehead atoms. The molecule has 0 saturated carbocycles. The summed E-state index contributed by atoms with van der Waals surface area (Å²) in [6.07, 6.45) is -0.906. The van der Waals surface area contributed by atoms with E-state index in [4.69, 9.17) is 9.88 Å². The van der Waals surface area contributed by atoms with Crippen LogP contribution in [0.1, 0.15) is 13.8 Å². The van der Waals surface area contributed by atoms with Gasteiger partial charge in [0.1, 0.15) is 6.54 Å². The number of nitro benzene ring substituents is 1. The number of amides is 2. The van der Waals surface area contributed by atoms with Crippen molar-refractivity contribution in [2.75, 3.05) is 16.8 Å². The van der Waals surface area contributed by atoms with Crippen LogP contribution in [0.15, 0.2) is 47.4 Å². The van der Waals surface area contributed by atoms with Crippen LogP contribution in [0.5, 0.6) is 5.75 Å². The van der Waals surface area contributed by atoms with Crippen LogP contribution >= 0.6 is 0 Å². The number of non-ortho nitro benzene ring substituents is 1. The highest BCUT2D eigenvalue weighted by atomic mass is 32.2. The van der Waals surface area contributed by atoms with Gasteiger partial charge >= 0.3 is 0 Å². The molecule has 0 fully saturated rings. The molecule has 0 aliphatic carbocycles. The molecule has 1 aliphatic heterocycles. The molecule has 0 spiro atoms. The Bertz CT molecular complexity index is 1150. The molecular weight excluding hydrogens is 428 g/mol. The monoisotopic (exact) mass is 448 g/mol. The molecule has 12 heteroatoms. The van der Waals surface area contributed by atoms with Crippen molar-refractivity contribution in [1.82, 2.24) is 0 Å². The predicted molar refractivity (Wildman–Crippen MR) is 111 cm³/mol. The van der Waals surface area contributed by atoms with E-state index in [0.717, 1.165) is 0 Å². The summed E-state index contributed by atoms with van der Waals surface area (Å²) in [5, 5.41) is 18.7. The summed E-state index contributed by atoms with van der Waals surface area (Å²) in [4.78, 5) is 37.1. The Morgan fingerprint density at radius 1 is 1.26 bits per heavy atom. The van der Waals surface area contributed by atoms with Crippen LogP contribution in [-0.2, 0) is 19.6 Å². The Labute approximate surface area is 178 Å². The van der Waals surface area contributed by atoms with Crippen molar-refractivity contribution in [2.45, 2.75) is 24.8 Å². The Morgan fingerprint density at radius 3 is 2.45 bits per heavy atom. The lowest BCUT2D eigenvalue weighted by molar-refractivity contribution is -0.384. The highest BCUT2D eigenvalue weighted by molar-refractivity contribution is 7.89. The molecular formula is C19H20N4O7S. The molecule has 0 saturated heterocycles. The number of anilines is 2. The summed E-state index contributed by atoms with van der Waals surface area (Å²) in [6.45, 7) is 3.15. The van der Waals surface area contributed by atoms with Crippen LogP contribution in [0.2, 0.25) is 0 Å². The zero-order valence-corrected chi connectivity index (χ0v) is 17.5. The Hall–Kier alpha value is -3.51. The molecule has 1 heterocycles. The number of rotatable bonds is 6. The molecule has 3 N–H and O–H groups in total. The first-order valence-electron chi connectivity index (χ1n) is 9.16. The topological polar surface area (TPSA) is 162 Å². The van der Waals surface area contributed by atoms with E-state index in [9.17, 15) is 28.1 Å².